The summed E-state index contributed by atoms with van der Waals surface area (Å²) in [5.74, 6) is -0.338. The SMILES string of the molecule is CCCCCCCCCCCCCCCCCCOC(=O)c1cc(N)c(C(C)(C)C)c(N)c1. The second-order valence-corrected chi connectivity index (χ2v) is 10.7. The van der Waals surface area contributed by atoms with Crippen molar-refractivity contribution in [3.8, 4) is 0 Å². The zero-order valence-electron chi connectivity index (χ0n) is 22.1. The van der Waals surface area contributed by atoms with Gasteiger partial charge < -0.3 is 16.2 Å². The first-order valence-corrected chi connectivity index (χ1v) is 13.6. The van der Waals surface area contributed by atoms with Crippen LogP contribution in [-0.4, -0.2) is 12.6 Å². The smallest absolute Gasteiger partial charge is 0.338 e. The van der Waals surface area contributed by atoms with Crippen LogP contribution in [0.3, 0.4) is 0 Å². The van der Waals surface area contributed by atoms with Gasteiger partial charge in [-0.2, -0.15) is 0 Å². The highest BCUT2D eigenvalue weighted by Crippen LogP contribution is 2.34. The van der Waals surface area contributed by atoms with Gasteiger partial charge in [-0.1, -0.05) is 124 Å². The van der Waals surface area contributed by atoms with E-state index >= 15 is 0 Å². The van der Waals surface area contributed by atoms with Crippen LogP contribution in [0.25, 0.3) is 0 Å². The zero-order chi connectivity index (χ0) is 24.5. The Morgan fingerprint density at radius 1 is 0.697 bits per heavy atom. The minimum absolute atomic E-state index is 0.163. The minimum atomic E-state index is -0.338. The number of ether oxygens (including phenoxy) is 1. The van der Waals surface area contributed by atoms with Crippen molar-refractivity contribution in [2.75, 3.05) is 18.1 Å². The molecule has 0 saturated heterocycles. The zero-order valence-corrected chi connectivity index (χ0v) is 22.1. The maximum absolute atomic E-state index is 12.3. The number of esters is 1. The monoisotopic (exact) mass is 460 g/mol. The van der Waals surface area contributed by atoms with Gasteiger partial charge in [-0.15, -0.1) is 0 Å². The Hall–Kier alpha value is -1.71. The summed E-state index contributed by atoms with van der Waals surface area (Å²) in [5, 5.41) is 0. The second-order valence-electron chi connectivity index (χ2n) is 10.7. The van der Waals surface area contributed by atoms with Gasteiger partial charge in [-0.25, -0.2) is 4.79 Å². The van der Waals surface area contributed by atoms with E-state index in [0.29, 0.717) is 23.5 Å². The highest BCUT2D eigenvalue weighted by molar-refractivity contribution is 5.92. The number of anilines is 2. The van der Waals surface area contributed by atoms with E-state index in [-0.39, 0.29) is 11.4 Å². The summed E-state index contributed by atoms with van der Waals surface area (Å²) < 4.78 is 5.43. The lowest BCUT2D eigenvalue weighted by Crippen LogP contribution is -2.18. The van der Waals surface area contributed by atoms with Crippen molar-refractivity contribution >= 4 is 17.3 Å². The molecule has 0 bridgehead atoms. The number of nitrogens with two attached hydrogens (primary N) is 2. The molecule has 1 aromatic rings. The maximum Gasteiger partial charge on any atom is 0.338 e. The van der Waals surface area contributed by atoms with E-state index in [1.807, 2.05) is 0 Å². The van der Waals surface area contributed by atoms with Crippen molar-refractivity contribution in [2.24, 2.45) is 0 Å². The van der Waals surface area contributed by atoms with Crippen LogP contribution in [0.2, 0.25) is 0 Å². The molecule has 4 heteroatoms. The highest BCUT2D eigenvalue weighted by Gasteiger charge is 2.22. The second kappa shape index (κ2) is 16.8. The molecule has 0 aromatic heterocycles. The number of nitrogen functional groups attached to an aromatic ring is 2. The third-order valence-electron chi connectivity index (χ3n) is 6.42. The first-order chi connectivity index (χ1) is 15.8. The van der Waals surface area contributed by atoms with Gasteiger partial charge in [0.1, 0.15) is 0 Å². The quantitative estimate of drug-likeness (QED) is 0.131. The van der Waals surface area contributed by atoms with Crippen LogP contribution in [0.15, 0.2) is 12.1 Å². The van der Waals surface area contributed by atoms with Crippen LogP contribution in [0.5, 0.6) is 0 Å². The molecule has 0 amide bonds. The Morgan fingerprint density at radius 3 is 1.42 bits per heavy atom. The molecule has 0 unspecified atom stereocenters. The molecule has 0 aliphatic heterocycles. The van der Waals surface area contributed by atoms with Gasteiger partial charge in [0.15, 0.2) is 0 Å². The van der Waals surface area contributed by atoms with Crippen molar-refractivity contribution in [1.29, 1.82) is 0 Å². The molecular weight excluding hydrogens is 408 g/mol. The summed E-state index contributed by atoms with van der Waals surface area (Å²) in [6, 6.07) is 3.37. The van der Waals surface area contributed by atoms with E-state index in [0.717, 1.165) is 18.4 Å². The van der Waals surface area contributed by atoms with Gasteiger partial charge in [0.05, 0.1) is 12.2 Å². The van der Waals surface area contributed by atoms with Crippen molar-refractivity contribution in [2.45, 2.75) is 136 Å². The Labute approximate surface area is 204 Å². The van der Waals surface area contributed by atoms with Crippen LogP contribution < -0.4 is 11.5 Å². The summed E-state index contributed by atoms with van der Waals surface area (Å²) in [6.07, 6.45) is 21.3. The van der Waals surface area contributed by atoms with E-state index in [1.165, 1.54) is 89.9 Å². The van der Waals surface area contributed by atoms with Gasteiger partial charge >= 0.3 is 5.97 Å². The molecular formula is C29H52N2O2. The molecule has 4 N–H and O–H groups in total. The molecule has 33 heavy (non-hydrogen) atoms. The number of unbranched alkanes of at least 4 members (excludes halogenated alkanes) is 15. The Kier molecular flexibility index (Phi) is 15.0. The number of carbonyl (C=O) groups excluding carboxylic acids is 1. The van der Waals surface area contributed by atoms with Crippen molar-refractivity contribution in [3.05, 3.63) is 23.3 Å². The molecule has 4 nitrogen and oxygen atoms in total. The van der Waals surface area contributed by atoms with Crippen LogP contribution in [0, 0.1) is 0 Å². The molecule has 1 rings (SSSR count). The number of benzene rings is 1. The predicted octanol–water partition coefficient (Wildman–Crippen LogP) is 8.57. The lowest BCUT2D eigenvalue weighted by molar-refractivity contribution is 0.0497. The molecule has 0 aliphatic rings. The molecule has 190 valence electrons. The predicted molar refractivity (Wildman–Crippen MR) is 144 cm³/mol. The number of rotatable bonds is 18. The van der Waals surface area contributed by atoms with E-state index < -0.39 is 0 Å². The normalized spacial score (nSPS) is 11.6. The fourth-order valence-electron chi connectivity index (χ4n) is 4.57. The lowest BCUT2D eigenvalue weighted by Gasteiger charge is -2.23. The number of hydrogen-bond donors (Lipinski definition) is 2. The van der Waals surface area contributed by atoms with E-state index in [1.54, 1.807) is 12.1 Å². The molecule has 0 saturated carbocycles. The maximum atomic E-state index is 12.3. The molecule has 0 atom stereocenters. The Balaban J connectivity index is 2.01. The lowest BCUT2D eigenvalue weighted by atomic mass is 9.84. The molecule has 1 aromatic carbocycles. The van der Waals surface area contributed by atoms with Crippen LogP contribution in [-0.2, 0) is 10.2 Å². The Morgan fingerprint density at radius 2 is 1.06 bits per heavy atom. The van der Waals surface area contributed by atoms with Crippen LogP contribution in [0.4, 0.5) is 11.4 Å². The standard InChI is InChI=1S/C29H52N2O2/c1-5-6-7-8-9-10-11-12-13-14-15-16-17-18-19-20-21-33-28(32)24-22-25(30)27(26(31)23-24)29(2,3)4/h22-23H,5-21,30-31H2,1-4H3. The van der Waals surface area contributed by atoms with Crippen molar-refractivity contribution < 1.29 is 9.53 Å². The molecule has 0 heterocycles. The average Bonchev–Trinajstić information content (AvgIpc) is 2.74. The fourth-order valence-corrected chi connectivity index (χ4v) is 4.57. The van der Waals surface area contributed by atoms with E-state index in [9.17, 15) is 4.79 Å². The van der Waals surface area contributed by atoms with Crippen molar-refractivity contribution in [1.82, 2.24) is 0 Å². The van der Waals surface area contributed by atoms with Gasteiger partial charge in [0.25, 0.3) is 0 Å². The molecule has 0 spiro atoms. The van der Waals surface area contributed by atoms with Crippen LogP contribution >= 0.6 is 0 Å². The molecule has 0 radical (unpaired) electrons. The minimum Gasteiger partial charge on any atom is -0.462 e. The molecule has 0 aliphatic carbocycles. The van der Waals surface area contributed by atoms with Crippen LogP contribution in [0.1, 0.15) is 146 Å². The summed E-state index contributed by atoms with van der Waals surface area (Å²) in [6.45, 7) is 8.91. The van der Waals surface area contributed by atoms with E-state index in [4.69, 9.17) is 16.2 Å². The largest absolute Gasteiger partial charge is 0.462 e. The van der Waals surface area contributed by atoms with Gasteiger partial charge in [-0.05, 0) is 24.0 Å². The van der Waals surface area contributed by atoms with Gasteiger partial charge in [0, 0.05) is 16.9 Å². The summed E-state index contributed by atoms with van der Waals surface area (Å²) >= 11 is 0. The Bertz CT molecular complexity index is 641. The summed E-state index contributed by atoms with van der Waals surface area (Å²) in [7, 11) is 0. The first kappa shape index (κ1) is 29.3. The van der Waals surface area contributed by atoms with Gasteiger partial charge in [0.2, 0.25) is 0 Å². The molecule has 0 fully saturated rings. The number of carbonyl (C=O) groups is 1. The van der Waals surface area contributed by atoms with Crippen molar-refractivity contribution in [3.63, 3.8) is 0 Å². The third-order valence-corrected chi connectivity index (χ3v) is 6.42. The topological polar surface area (TPSA) is 78.3 Å². The average molecular weight is 461 g/mol. The summed E-state index contributed by atoms with van der Waals surface area (Å²) in [5.41, 5.74) is 14.6. The number of hydrogen-bond acceptors (Lipinski definition) is 4. The fraction of sp³-hybridized carbons (Fsp3) is 0.759. The van der Waals surface area contributed by atoms with Gasteiger partial charge in [-0.3, -0.25) is 0 Å². The summed E-state index contributed by atoms with van der Waals surface area (Å²) in [4.78, 5) is 12.3. The third kappa shape index (κ3) is 12.9. The van der Waals surface area contributed by atoms with E-state index in [2.05, 4.69) is 27.7 Å². The first-order valence-electron chi connectivity index (χ1n) is 13.6. The highest BCUT2D eigenvalue weighted by atomic mass is 16.5.